The zero-order valence-corrected chi connectivity index (χ0v) is 14.5. The van der Waals surface area contributed by atoms with Crippen molar-refractivity contribution in [3.63, 3.8) is 0 Å². The van der Waals surface area contributed by atoms with Crippen LogP contribution in [0.2, 0.25) is 24.7 Å². The first-order valence-corrected chi connectivity index (χ1v) is 11.1. The van der Waals surface area contributed by atoms with Crippen LogP contribution in [0.1, 0.15) is 0 Å². The molecule has 3 nitrogen and oxygen atoms in total. The summed E-state index contributed by atoms with van der Waals surface area (Å²) >= 11 is 5.93. The summed E-state index contributed by atoms with van der Waals surface area (Å²) < 4.78 is 5.93. The lowest BCUT2D eigenvalue weighted by molar-refractivity contribution is 0.197. The Morgan fingerprint density at radius 2 is 1.65 bits per heavy atom. The lowest BCUT2D eigenvalue weighted by Gasteiger charge is -2.36. The van der Waals surface area contributed by atoms with Gasteiger partial charge in [0.15, 0.2) is 8.32 Å². The highest BCUT2D eigenvalue weighted by molar-refractivity contribution is 6.69. The number of benzene rings is 1. The van der Waals surface area contributed by atoms with Crippen LogP contribution in [0.5, 0.6) is 0 Å². The molecule has 0 aliphatic carbocycles. The molecule has 0 radical (unpaired) electrons. The van der Waals surface area contributed by atoms with E-state index in [1.807, 2.05) is 12.1 Å². The van der Waals surface area contributed by atoms with Crippen LogP contribution in [-0.4, -0.2) is 52.5 Å². The van der Waals surface area contributed by atoms with Gasteiger partial charge >= 0.3 is 0 Å². The number of nitrogens with zero attached hydrogens (tertiary/aromatic N) is 2. The fourth-order valence-electron chi connectivity index (χ4n) is 2.36. The molecule has 20 heavy (non-hydrogen) atoms. The molecule has 1 heterocycles. The topological polar surface area (TPSA) is 15.7 Å². The summed E-state index contributed by atoms with van der Waals surface area (Å²) in [6.45, 7) is 13.0. The van der Waals surface area contributed by atoms with Gasteiger partial charge in [-0.1, -0.05) is 11.6 Å². The Labute approximate surface area is 128 Å². The van der Waals surface area contributed by atoms with Gasteiger partial charge in [-0.25, -0.2) is 0 Å². The van der Waals surface area contributed by atoms with E-state index in [2.05, 4.69) is 41.6 Å². The molecule has 0 saturated carbocycles. The first-order chi connectivity index (χ1) is 9.44. The fourth-order valence-corrected chi connectivity index (χ4v) is 3.19. The second-order valence-electron chi connectivity index (χ2n) is 6.27. The van der Waals surface area contributed by atoms with Gasteiger partial charge in [0.2, 0.25) is 0 Å². The largest absolute Gasteiger partial charge is 0.416 e. The molecule has 0 bridgehead atoms. The normalized spacial score (nSPS) is 17.5. The van der Waals surface area contributed by atoms with Crippen molar-refractivity contribution < 1.29 is 4.43 Å². The van der Waals surface area contributed by atoms with Crippen molar-refractivity contribution in [3.05, 3.63) is 29.3 Å². The Morgan fingerprint density at radius 3 is 2.20 bits per heavy atom. The highest BCUT2D eigenvalue weighted by Crippen LogP contribution is 2.19. The van der Waals surface area contributed by atoms with Crippen LogP contribution in [0.3, 0.4) is 0 Å². The SMILES string of the molecule is C[Si](C)(C)OCCN1CCN(c2ccc(Cl)cc2)CC1. The van der Waals surface area contributed by atoms with Crippen molar-refractivity contribution in [2.24, 2.45) is 0 Å². The molecule has 112 valence electrons. The van der Waals surface area contributed by atoms with Gasteiger partial charge in [-0.2, -0.15) is 0 Å². The minimum atomic E-state index is -1.36. The number of anilines is 1. The minimum Gasteiger partial charge on any atom is -0.416 e. The van der Waals surface area contributed by atoms with Crippen LogP contribution in [-0.2, 0) is 4.43 Å². The van der Waals surface area contributed by atoms with Gasteiger partial charge in [0.1, 0.15) is 0 Å². The van der Waals surface area contributed by atoms with Gasteiger partial charge in [-0.15, -0.1) is 0 Å². The van der Waals surface area contributed by atoms with Crippen LogP contribution in [0.25, 0.3) is 0 Å². The highest BCUT2D eigenvalue weighted by Gasteiger charge is 2.18. The molecule has 1 aromatic carbocycles. The number of hydrogen-bond donors (Lipinski definition) is 0. The number of rotatable bonds is 5. The molecule has 0 spiro atoms. The Morgan fingerprint density at radius 1 is 1.05 bits per heavy atom. The lowest BCUT2D eigenvalue weighted by atomic mass is 10.2. The van der Waals surface area contributed by atoms with Crippen LogP contribution in [0, 0.1) is 0 Å². The molecule has 1 saturated heterocycles. The minimum absolute atomic E-state index is 0.802. The molecule has 0 unspecified atom stereocenters. The monoisotopic (exact) mass is 312 g/mol. The summed E-state index contributed by atoms with van der Waals surface area (Å²) in [5, 5.41) is 0.802. The highest BCUT2D eigenvalue weighted by atomic mass is 35.5. The molecule has 1 aromatic rings. The van der Waals surface area contributed by atoms with Gasteiger partial charge in [0, 0.05) is 50.0 Å². The third-order valence-electron chi connectivity index (χ3n) is 3.51. The molecule has 1 aliphatic heterocycles. The Bertz CT molecular complexity index is 411. The van der Waals surface area contributed by atoms with E-state index in [1.165, 1.54) is 5.69 Å². The number of hydrogen-bond acceptors (Lipinski definition) is 3. The number of halogens is 1. The molecule has 0 aromatic heterocycles. The van der Waals surface area contributed by atoms with Gasteiger partial charge in [0.25, 0.3) is 0 Å². The molecule has 5 heteroatoms. The predicted molar refractivity (Wildman–Crippen MR) is 89.4 cm³/mol. The van der Waals surface area contributed by atoms with Gasteiger partial charge < -0.3 is 9.33 Å². The van der Waals surface area contributed by atoms with E-state index in [1.54, 1.807) is 0 Å². The van der Waals surface area contributed by atoms with E-state index < -0.39 is 8.32 Å². The van der Waals surface area contributed by atoms with E-state index >= 15 is 0 Å². The maximum atomic E-state index is 5.93. The van der Waals surface area contributed by atoms with E-state index in [0.717, 1.165) is 44.4 Å². The van der Waals surface area contributed by atoms with Crippen molar-refractivity contribution in [2.75, 3.05) is 44.2 Å². The average Bonchev–Trinajstić information content (AvgIpc) is 2.39. The Hall–Kier alpha value is -0.553. The first-order valence-electron chi connectivity index (χ1n) is 7.31. The second kappa shape index (κ2) is 6.94. The third-order valence-corrected chi connectivity index (χ3v) is 4.83. The zero-order valence-electron chi connectivity index (χ0n) is 12.7. The van der Waals surface area contributed by atoms with Gasteiger partial charge in [-0.05, 0) is 43.9 Å². The smallest absolute Gasteiger partial charge is 0.183 e. The van der Waals surface area contributed by atoms with E-state index in [4.69, 9.17) is 16.0 Å². The molecule has 0 amide bonds. The molecule has 2 rings (SSSR count). The van der Waals surface area contributed by atoms with Crippen LogP contribution < -0.4 is 4.90 Å². The molecular weight excluding hydrogens is 288 g/mol. The van der Waals surface area contributed by atoms with Crippen LogP contribution in [0.4, 0.5) is 5.69 Å². The van der Waals surface area contributed by atoms with E-state index in [-0.39, 0.29) is 0 Å². The van der Waals surface area contributed by atoms with Crippen molar-refractivity contribution in [1.29, 1.82) is 0 Å². The summed E-state index contributed by atoms with van der Waals surface area (Å²) in [6, 6.07) is 8.13. The molecule has 1 aliphatic rings. The second-order valence-corrected chi connectivity index (χ2v) is 11.2. The van der Waals surface area contributed by atoms with Crippen molar-refractivity contribution in [1.82, 2.24) is 4.90 Å². The quantitative estimate of drug-likeness (QED) is 0.776. The van der Waals surface area contributed by atoms with Crippen molar-refractivity contribution in [3.8, 4) is 0 Å². The number of piperazine rings is 1. The zero-order chi connectivity index (χ0) is 14.6. The van der Waals surface area contributed by atoms with Gasteiger partial charge in [0.05, 0.1) is 0 Å². The van der Waals surface area contributed by atoms with Crippen LogP contribution in [0.15, 0.2) is 24.3 Å². The Balaban J connectivity index is 1.74. The average molecular weight is 313 g/mol. The van der Waals surface area contributed by atoms with Crippen molar-refractivity contribution >= 4 is 25.6 Å². The maximum Gasteiger partial charge on any atom is 0.183 e. The summed E-state index contributed by atoms with van der Waals surface area (Å²) in [7, 11) is -1.36. The summed E-state index contributed by atoms with van der Waals surface area (Å²) in [5.41, 5.74) is 1.27. The molecular formula is C15H25ClN2OSi. The molecule has 0 atom stereocenters. The standard InChI is InChI=1S/C15H25ClN2OSi/c1-20(2,3)19-13-12-17-8-10-18(11-9-17)15-6-4-14(16)5-7-15/h4-7H,8-13H2,1-3H3. The van der Waals surface area contributed by atoms with E-state index in [0.29, 0.717) is 0 Å². The lowest BCUT2D eigenvalue weighted by Crippen LogP contribution is -2.47. The third kappa shape index (κ3) is 5.09. The summed E-state index contributed by atoms with van der Waals surface area (Å²) in [6.07, 6.45) is 0. The summed E-state index contributed by atoms with van der Waals surface area (Å²) in [4.78, 5) is 4.92. The Kier molecular flexibility index (Phi) is 5.49. The van der Waals surface area contributed by atoms with E-state index in [9.17, 15) is 0 Å². The maximum absolute atomic E-state index is 5.93. The first kappa shape index (κ1) is 15.8. The predicted octanol–water partition coefficient (Wildman–Crippen LogP) is 3.31. The van der Waals surface area contributed by atoms with Crippen LogP contribution >= 0.6 is 11.6 Å². The molecule has 0 N–H and O–H groups in total. The fraction of sp³-hybridized carbons (Fsp3) is 0.600. The summed E-state index contributed by atoms with van der Waals surface area (Å²) in [5.74, 6) is 0. The van der Waals surface area contributed by atoms with Gasteiger partial charge in [-0.3, -0.25) is 4.90 Å². The van der Waals surface area contributed by atoms with Crippen molar-refractivity contribution in [2.45, 2.75) is 19.6 Å². The molecule has 1 fully saturated rings.